The van der Waals surface area contributed by atoms with Crippen molar-refractivity contribution in [2.75, 3.05) is 11.9 Å². The zero-order valence-electron chi connectivity index (χ0n) is 16.3. The topological polar surface area (TPSA) is 41.1 Å². The van der Waals surface area contributed by atoms with E-state index in [0.29, 0.717) is 23.9 Å². The molecule has 0 saturated heterocycles. The Balaban J connectivity index is 1.58. The fraction of sp³-hybridized carbons (Fsp3) is 0.192. The second-order valence-corrected chi connectivity index (χ2v) is 7.85. The number of benzene rings is 3. The highest BCUT2D eigenvalue weighted by Crippen LogP contribution is 2.50. The maximum absolute atomic E-state index is 12.8. The Kier molecular flexibility index (Phi) is 4.44. The summed E-state index contributed by atoms with van der Waals surface area (Å²) in [6, 6.07) is 21.4. The number of amides is 1. The lowest BCUT2D eigenvalue weighted by Gasteiger charge is -2.38. The van der Waals surface area contributed by atoms with Gasteiger partial charge in [-0.25, -0.2) is 0 Å². The van der Waals surface area contributed by atoms with E-state index in [2.05, 4.69) is 77.9 Å². The molecule has 3 aromatic rings. The van der Waals surface area contributed by atoms with E-state index in [1.807, 2.05) is 12.1 Å². The van der Waals surface area contributed by atoms with Crippen LogP contribution in [0.5, 0.6) is 0 Å². The highest BCUT2D eigenvalue weighted by molar-refractivity contribution is 6.01. The number of carbonyl (C=O) groups is 1. The molecule has 0 aromatic heterocycles. The maximum Gasteiger partial charge on any atom is 0.253 e. The van der Waals surface area contributed by atoms with E-state index in [4.69, 9.17) is 0 Å². The van der Waals surface area contributed by atoms with Gasteiger partial charge in [0.1, 0.15) is 0 Å². The molecule has 3 aromatic carbocycles. The van der Waals surface area contributed by atoms with Crippen LogP contribution in [0.25, 0.3) is 10.8 Å². The van der Waals surface area contributed by atoms with Crippen LogP contribution in [0.2, 0.25) is 0 Å². The van der Waals surface area contributed by atoms with Gasteiger partial charge in [-0.1, -0.05) is 66.8 Å². The average Bonchev–Trinajstić information content (AvgIpc) is 3.26. The van der Waals surface area contributed by atoms with Crippen LogP contribution in [0.15, 0.2) is 85.5 Å². The van der Waals surface area contributed by atoms with E-state index in [1.165, 1.54) is 21.9 Å². The Hall–Kier alpha value is -3.33. The van der Waals surface area contributed by atoms with Crippen LogP contribution in [-0.4, -0.2) is 12.5 Å². The number of allylic oxidation sites excluding steroid dienone is 2. The quantitative estimate of drug-likeness (QED) is 0.580. The highest BCUT2D eigenvalue weighted by atomic mass is 16.1. The molecule has 1 aliphatic heterocycles. The van der Waals surface area contributed by atoms with Crippen molar-refractivity contribution in [2.24, 2.45) is 5.92 Å². The smallest absolute Gasteiger partial charge is 0.253 e. The summed E-state index contributed by atoms with van der Waals surface area (Å²) in [4.78, 5) is 12.8. The van der Waals surface area contributed by atoms with E-state index in [9.17, 15) is 4.79 Å². The predicted molar refractivity (Wildman–Crippen MR) is 119 cm³/mol. The molecule has 2 N–H and O–H groups in total. The van der Waals surface area contributed by atoms with Crippen LogP contribution in [-0.2, 0) is 0 Å². The molecule has 1 aliphatic carbocycles. The van der Waals surface area contributed by atoms with Crippen molar-refractivity contribution in [1.29, 1.82) is 0 Å². The third-order valence-electron chi connectivity index (χ3n) is 6.18. The number of rotatable bonds is 4. The normalized spacial score (nSPS) is 21.9. The summed E-state index contributed by atoms with van der Waals surface area (Å²) in [7, 11) is 0. The van der Waals surface area contributed by atoms with E-state index in [-0.39, 0.29) is 11.9 Å². The van der Waals surface area contributed by atoms with Crippen LogP contribution in [0.4, 0.5) is 5.69 Å². The fourth-order valence-corrected chi connectivity index (χ4v) is 4.80. The maximum atomic E-state index is 12.8. The lowest BCUT2D eigenvalue weighted by Crippen LogP contribution is -2.32. The molecular formula is C26H24N2O. The van der Waals surface area contributed by atoms with Gasteiger partial charge in [0.25, 0.3) is 5.91 Å². The molecule has 0 bridgehead atoms. The summed E-state index contributed by atoms with van der Waals surface area (Å²) in [5, 5.41) is 9.17. The first kappa shape index (κ1) is 17.7. The molecule has 3 unspecified atom stereocenters. The van der Waals surface area contributed by atoms with Crippen LogP contribution in [0.3, 0.4) is 0 Å². The molecule has 0 spiro atoms. The van der Waals surface area contributed by atoms with Crippen LogP contribution in [0, 0.1) is 5.92 Å². The second-order valence-electron chi connectivity index (χ2n) is 7.85. The van der Waals surface area contributed by atoms with Gasteiger partial charge in [-0.2, -0.15) is 0 Å². The Morgan fingerprint density at radius 2 is 1.97 bits per heavy atom. The molecule has 2 aliphatic rings. The van der Waals surface area contributed by atoms with Crippen molar-refractivity contribution in [3.8, 4) is 0 Å². The van der Waals surface area contributed by atoms with Crippen molar-refractivity contribution in [1.82, 2.24) is 5.32 Å². The lowest BCUT2D eigenvalue weighted by molar-refractivity contribution is 0.0958. The first-order chi connectivity index (χ1) is 14.3. The largest absolute Gasteiger partial charge is 0.377 e. The number of fused-ring (bicyclic) bond motifs is 4. The van der Waals surface area contributed by atoms with E-state index < -0.39 is 0 Å². The fourth-order valence-electron chi connectivity index (χ4n) is 4.80. The number of hydrogen-bond donors (Lipinski definition) is 2. The summed E-state index contributed by atoms with van der Waals surface area (Å²) in [6.07, 6.45) is 7.34. The zero-order valence-corrected chi connectivity index (χ0v) is 16.3. The van der Waals surface area contributed by atoms with Gasteiger partial charge in [-0.3, -0.25) is 4.79 Å². The molecule has 0 radical (unpaired) electrons. The molecule has 0 saturated carbocycles. The molecule has 0 fully saturated rings. The molecule has 1 amide bonds. The SMILES string of the molecule is C=CCNC(=O)c1cccc2c1NC(c1ccc3ccccc3c1)C1CC=CC21. The Morgan fingerprint density at radius 1 is 1.10 bits per heavy atom. The van der Waals surface area contributed by atoms with Crippen molar-refractivity contribution >= 4 is 22.4 Å². The number of hydrogen-bond acceptors (Lipinski definition) is 2. The predicted octanol–water partition coefficient (Wildman–Crippen LogP) is 5.58. The number of carbonyl (C=O) groups excluding carboxylic acids is 1. The second kappa shape index (κ2) is 7.25. The average molecular weight is 380 g/mol. The summed E-state index contributed by atoms with van der Waals surface area (Å²) >= 11 is 0. The molecule has 1 heterocycles. The minimum absolute atomic E-state index is 0.0630. The van der Waals surface area contributed by atoms with Gasteiger partial charge in [-0.05, 0) is 46.4 Å². The molecule has 3 nitrogen and oxygen atoms in total. The molecule has 29 heavy (non-hydrogen) atoms. The van der Waals surface area contributed by atoms with Crippen molar-refractivity contribution in [2.45, 2.75) is 18.4 Å². The standard InChI is InChI=1S/C26H24N2O/c1-2-15-27-26(29)23-12-6-11-22-20-9-5-10-21(20)24(28-25(22)23)19-14-13-17-7-3-4-8-18(17)16-19/h2-9,11-14,16,20-21,24,28H,1,10,15H2,(H,27,29). The van der Waals surface area contributed by atoms with Gasteiger partial charge in [0.15, 0.2) is 0 Å². The third kappa shape index (κ3) is 3.03. The molecule has 3 heteroatoms. The van der Waals surface area contributed by atoms with Gasteiger partial charge in [0.2, 0.25) is 0 Å². The van der Waals surface area contributed by atoms with E-state index in [1.54, 1.807) is 6.08 Å². The monoisotopic (exact) mass is 380 g/mol. The van der Waals surface area contributed by atoms with Gasteiger partial charge in [0.05, 0.1) is 17.3 Å². The number of nitrogens with one attached hydrogen (secondary N) is 2. The first-order valence-electron chi connectivity index (χ1n) is 10.2. The molecule has 3 atom stereocenters. The summed E-state index contributed by atoms with van der Waals surface area (Å²) in [5.41, 5.74) is 4.15. The number of anilines is 1. The summed E-state index contributed by atoms with van der Waals surface area (Å²) in [6.45, 7) is 4.16. The van der Waals surface area contributed by atoms with Gasteiger partial charge in [0, 0.05) is 12.5 Å². The molecular weight excluding hydrogens is 356 g/mol. The van der Waals surface area contributed by atoms with Gasteiger partial charge >= 0.3 is 0 Å². The first-order valence-corrected chi connectivity index (χ1v) is 10.2. The van der Waals surface area contributed by atoms with Crippen molar-refractivity contribution in [3.63, 3.8) is 0 Å². The van der Waals surface area contributed by atoms with Gasteiger partial charge in [-0.15, -0.1) is 6.58 Å². The van der Waals surface area contributed by atoms with Crippen LogP contribution >= 0.6 is 0 Å². The Bertz CT molecular complexity index is 1130. The van der Waals surface area contributed by atoms with Crippen molar-refractivity contribution in [3.05, 3.63) is 102 Å². The molecule has 144 valence electrons. The minimum atomic E-state index is -0.0630. The Morgan fingerprint density at radius 3 is 2.83 bits per heavy atom. The van der Waals surface area contributed by atoms with Crippen molar-refractivity contribution < 1.29 is 4.79 Å². The third-order valence-corrected chi connectivity index (χ3v) is 6.18. The highest BCUT2D eigenvalue weighted by Gasteiger charge is 2.39. The number of para-hydroxylation sites is 1. The Labute approximate surface area is 171 Å². The van der Waals surface area contributed by atoms with E-state index in [0.717, 1.165) is 12.1 Å². The van der Waals surface area contributed by atoms with Crippen LogP contribution < -0.4 is 10.6 Å². The van der Waals surface area contributed by atoms with Crippen LogP contribution in [0.1, 0.15) is 39.9 Å². The minimum Gasteiger partial charge on any atom is -0.377 e. The van der Waals surface area contributed by atoms with E-state index >= 15 is 0 Å². The summed E-state index contributed by atoms with van der Waals surface area (Å²) in [5.74, 6) is 0.719. The molecule has 5 rings (SSSR count). The van der Waals surface area contributed by atoms with Gasteiger partial charge < -0.3 is 10.6 Å². The summed E-state index contributed by atoms with van der Waals surface area (Å²) < 4.78 is 0. The lowest BCUT2D eigenvalue weighted by atomic mass is 9.76. The zero-order chi connectivity index (χ0) is 19.8.